The van der Waals surface area contributed by atoms with E-state index < -0.39 is 11.6 Å². The molecule has 4 nitrogen and oxygen atoms in total. The Bertz CT molecular complexity index is 1060. The van der Waals surface area contributed by atoms with Crippen molar-refractivity contribution >= 4 is 17.2 Å². The molecule has 4 rings (SSSR count). The standard InChI is InChI=1S/C23H21F3N2O2S/c24-18-4-2-5-19(12-18)30-14-16-11-21(31-15-16)23(29)28-9-7-27(8-10-28)13-17-3-1-6-20(25)22(17)26/h1-6,11-12,15H,7-10,13-14H2. The highest BCUT2D eigenvalue weighted by molar-refractivity contribution is 7.12. The Morgan fingerprint density at radius 1 is 1.00 bits per heavy atom. The van der Waals surface area contributed by atoms with E-state index in [-0.39, 0.29) is 18.3 Å². The molecular formula is C23H21F3N2O2S. The fraction of sp³-hybridized carbons (Fsp3) is 0.261. The van der Waals surface area contributed by atoms with Gasteiger partial charge in [-0.25, -0.2) is 13.2 Å². The third kappa shape index (κ3) is 5.26. The van der Waals surface area contributed by atoms with Crippen LogP contribution >= 0.6 is 11.3 Å². The molecule has 3 aromatic rings. The van der Waals surface area contributed by atoms with Gasteiger partial charge in [-0.15, -0.1) is 11.3 Å². The first-order valence-corrected chi connectivity index (χ1v) is 10.8. The lowest BCUT2D eigenvalue weighted by atomic mass is 10.1. The summed E-state index contributed by atoms with van der Waals surface area (Å²) in [5.74, 6) is -1.64. The summed E-state index contributed by atoms with van der Waals surface area (Å²) < 4.78 is 46.1. The van der Waals surface area contributed by atoms with Crippen molar-refractivity contribution in [1.29, 1.82) is 0 Å². The second-order valence-corrected chi connectivity index (χ2v) is 8.26. The lowest BCUT2D eigenvalue weighted by Crippen LogP contribution is -2.48. The van der Waals surface area contributed by atoms with Crippen LogP contribution in [0.4, 0.5) is 13.2 Å². The highest BCUT2D eigenvalue weighted by Gasteiger charge is 2.24. The number of carbonyl (C=O) groups excluding carboxylic acids is 1. The largest absolute Gasteiger partial charge is 0.489 e. The van der Waals surface area contributed by atoms with Gasteiger partial charge in [-0.1, -0.05) is 18.2 Å². The Balaban J connectivity index is 1.29. The second-order valence-electron chi connectivity index (χ2n) is 7.35. The molecule has 1 fully saturated rings. The maximum atomic E-state index is 13.9. The minimum absolute atomic E-state index is 0.0569. The molecule has 0 N–H and O–H groups in total. The molecule has 31 heavy (non-hydrogen) atoms. The van der Waals surface area contributed by atoms with Crippen molar-refractivity contribution in [2.24, 2.45) is 0 Å². The summed E-state index contributed by atoms with van der Waals surface area (Å²) in [5, 5.41) is 1.86. The average molecular weight is 446 g/mol. The molecule has 0 radical (unpaired) electrons. The van der Waals surface area contributed by atoms with Crippen molar-refractivity contribution in [3.63, 3.8) is 0 Å². The van der Waals surface area contributed by atoms with Crippen LogP contribution in [0.3, 0.4) is 0 Å². The fourth-order valence-electron chi connectivity index (χ4n) is 3.46. The Kier molecular flexibility index (Phi) is 6.58. The van der Waals surface area contributed by atoms with E-state index in [1.165, 1.54) is 29.5 Å². The molecule has 1 aliphatic heterocycles. The van der Waals surface area contributed by atoms with Crippen molar-refractivity contribution in [3.05, 3.63) is 87.4 Å². The number of hydrogen-bond donors (Lipinski definition) is 0. The van der Waals surface area contributed by atoms with E-state index in [0.29, 0.717) is 48.9 Å². The number of rotatable bonds is 6. The molecule has 2 heterocycles. The number of nitrogens with zero attached hydrogens (tertiary/aromatic N) is 2. The smallest absolute Gasteiger partial charge is 0.264 e. The maximum Gasteiger partial charge on any atom is 0.264 e. The molecule has 8 heteroatoms. The van der Waals surface area contributed by atoms with Crippen molar-refractivity contribution in [3.8, 4) is 5.75 Å². The van der Waals surface area contributed by atoms with Crippen LogP contribution in [0.2, 0.25) is 0 Å². The van der Waals surface area contributed by atoms with Gasteiger partial charge in [-0.2, -0.15) is 0 Å². The van der Waals surface area contributed by atoms with Gasteiger partial charge in [0.25, 0.3) is 5.91 Å². The number of thiophene rings is 1. The molecule has 162 valence electrons. The van der Waals surface area contributed by atoms with Crippen LogP contribution in [0, 0.1) is 17.5 Å². The lowest BCUT2D eigenvalue weighted by molar-refractivity contribution is 0.0631. The monoisotopic (exact) mass is 446 g/mol. The van der Waals surface area contributed by atoms with Crippen LogP contribution in [0.25, 0.3) is 0 Å². The first-order valence-electron chi connectivity index (χ1n) is 9.90. The van der Waals surface area contributed by atoms with E-state index in [0.717, 1.165) is 11.6 Å². The number of ether oxygens (including phenoxy) is 1. The Hall–Kier alpha value is -2.84. The topological polar surface area (TPSA) is 32.8 Å². The van der Waals surface area contributed by atoms with Gasteiger partial charge in [0, 0.05) is 49.9 Å². The first-order chi connectivity index (χ1) is 15.0. The molecule has 1 amide bonds. The van der Waals surface area contributed by atoms with Gasteiger partial charge in [-0.3, -0.25) is 9.69 Å². The molecule has 1 aliphatic rings. The SMILES string of the molecule is O=C(c1cc(COc2cccc(F)c2)cs1)N1CCN(Cc2cccc(F)c2F)CC1. The number of benzene rings is 2. The Morgan fingerprint density at radius 3 is 2.55 bits per heavy atom. The molecule has 1 saturated heterocycles. The molecule has 1 aromatic heterocycles. The van der Waals surface area contributed by atoms with Gasteiger partial charge in [0.05, 0.1) is 4.88 Å². The number of hydrogen-bond acceptors (Lipinski definition) is 4. The van der Waals surface area contributed by atoms with Crippen LogP contribution < -0.4 is 4.74 Å². The number of piperazine rings is 1. The predicted molar refractivity (Wildman–Crippen MR) is 113 cm³/mol. The van der Waals surface area contributed by atoms with Crippen LogP contribution in [0.1, 0.15) is 20.8 Å². The minimum Gasteiger partial charge on any atom is -0.489 e. The molecule has 0 atom stereocenters. The average Bonchev–Trinajstić information content (AvgIpc) is 3.25. The second kappa shape index (κ2) is 9.53. The van der Waals surface area contributed by atoms with Crippen LogP contribution in [0.5, 0.6) is 5.75 Å². The van der Waals surface area contributed by atoms with E-state index in [1.54, 1.807) is 29.2 Å². The van der Waals surface area contributed by atoms with Crippen molar-refractivity contribution in [2.75, 3.05) is 26.2 Å². The van der Waals surface area contributed by atoms with E-state index in [9.17, 15) is 18.0 Å². The molecule has 0 bridgehead atoms. The molecule has 2 aromatic carbocycles. The summed E-state index contributed by atoms with van der Waals surface area (Å²) in [6.45, 7) is 2.77. The van der Waals surface area contributed by atoms with Crippen molar-refractivity contribution < 1.29 is 22.7 Å². The van der Waals surface area contributed by atoms with Crippen molar-refractivity contribution in [2.45, 2.75) is 13.2 Å². The summed E-state index contributed by atoms with van der Waals surface area (Å²) in [5.41, 5.74) is 1.17. The quantitative estimate of drug-likeness (QED) is 0.550. The van der Waals surface area contributed by atoms with Gasteiger partial charge in [0.15, 0.2) is 11.6 Å². The third-order valence-corrected chi connectivity index (χ3v) is 6.12. The number of amides is 1. The van der Waals surface area contributed by atoms with E-state index in [1.807, 2.05) is 10.3 Å². The van der Waals surface area contributed by atoms with Gasteiger partial charge >= 0.3 is 0 Å². The molecule has 0 unspecified atom stereocenters. The van der Waals surface area contributed by atoms with Gasteiger partial charge < -0.3 is 9.64 Å². The molecule has 0 spiro atoms. The zero-order valence-electron chi connectivity index (χ0n) is 16.7. The number of halogens is 3. The van der Waals surface area contributed by atoms with Gasteiger partial charge in [-0.05, 0) is 29.6 Å². The van der Waals surface area contributed by atoms with Crippen molar-refractivity contribution in [1.82, 2.24) is 9.80 Å². The fourth-order valence-corrected chi connectivity index (χ4v) is 4.33. The predicted octanol–water partition coefficient (Wildman–Crippen LogP) is 4.70. The summed E-state index contributed by atoms with van der Waals surface area (Å²) >= 11 is 1.35. The first kappa shape index (κ1) is 21.4. The molecule has 0 saturated carbocycles. The third-order valence-electron chi connectivity index (χ3n) is 5.15. The zero-order chi connectivity index (χ0) is 21.8. The summed E-state index contributed by atoms with van der Waals surface area (Å²) in [7, 11) is 0. The highest BCUT2D eigenvalue weighted by atomic mass is 32.1. The van der Waals surface area contributed by atoms with E-state index >= 15 is 0 Å². The zero-order valence-corrected chi connectivity index (χ0v) is 17.5. The maximum absolute atomic E-state index is 13.9. The van der Waals surface area contributed by atoms with Gasteiger partial charge in [0.1, 0.15) is 18.2 Å². The van der Waals surface area contributed by atoms with E-state index in [4.69, 9.17) is 4.74 Å². The highest BCUT2D eigenvalue weighted by Crippen LogP contribution is 2.21. The van der Waals surface area contributed by atoms with Gasteiger partial charge in [0.2, 0.25) is 0 Å². The van der Waals surface area contributed by atoms with Crippen LogP contribution in [0.15, 0.2) is 53.9 Å². The lowest BCUT2D eigenvalue weighted by Gasteiger charge is -2.34. The molecular weight excluding hydrogens is 425 g/mol. The summed E-state index contributed by atoms with van der Waals surface area (Å²) in [4.78, 5) is 17.2. The Labute approximate surface area is 182 Å². The normalized spacial score (nSPS) is 14.6. The van der Waals surface area contributed by atoms with Crippen LogP contribution in [-0.4, -0.2) is 41.9 Å². The minimum atomic E-state index is -0.846. The molecule has 0 aliphatic carbocycles. The summed E-state index contributed by atoms with van der Waals surface area (Å²) in [6.07, 6.45) is 0. The van der Waals surface area contributed by atoms with Crippen LogP contribution in [-0.2, 0) is 13.2 Å². The summed E-state index contributed by atoms with van der Waals surface area (Å²) in [6, 6.07) is 11.9. The van der Waals surface area contributed by atoms with E-state index in [2.05, 4.69) is 0 Å². The Morgan fingerprint density at radius 2 is 1.77 bits per heavy atom. The number of carbonyl (C=O) groups is 1.